The first-order valence-corrected chi connectivity index (χ1v) is 15.8. The van der Waals surface area contributed by atoms with Crippen LogP contribution in [0, 0.1) is 0 Å². The van der Waals surface area contributed by atoms with E-state index < -0.39 is 0 Å². The number of benzene rings is 7. The number of fused-ring (bicyclic) bond motifs is 12. The zero-order chi connectivity index (χ0) is 30.6. The topological polar surface area (TPSA) is 38.9 Å². The maximum Gasteiger partial charge on any atom is 0.135 e. The second-order valence-corrected chi connectivity index (χ2v) is 13.0. The number of hydrogen-bond acceptors (Lipinski definition) is 3. The van der Waals surface area contributed by atoms with E-state index in [0.29, 0.717) is 0 Å². The minimum atomic E-state index is -0.170. The van der Waals surface area contributed by atoms with Crippen molar-refractivity contribution in [2.45, 2.75) is 19.3 Å². The summed E-state index contributed by atoms with van der Waals surface area (Å²) in [5, 5.41) is 6.99. The largest absolute Gasteiger partial charge is 0.456 e. The SMILES string of the molecule is CC1(C)c2cc(-c3ccc4oc5ccccc5c4c3)ccc2-c2ccc(-c3cnc4c5ccccc5c5ccccc5c4n3)cc21. The Morgan fingerprint density at radius 3 is 1.76 bits per heavy atom. The number of aromatic nitrogens is 2. The van der Waals surface area contributed by atoms with Crippen molar-refractivity contribution in [1.82, 2.24) is 9.97 Å². The summed E-state index contributed by atoms with van der Waals surface area (Å²) in [6.45, 7) is 4.67. The molecule has 2 aromatic heterocycles. The van der Waals surface area contributed by atoms with Gasteiger partial charge in [-0.2, -0.15) is 0 Å². The molecule has 0 spiro atoms. The summed E-state index contributed by atoms with van der Waals surface area (Å²) in [5.41, 5.74) is 13.2. The Balaban J connectivity index is 1.09. The van der Waals surface area contributed by atoms with Gasteiger partial charge < -0.3 is 4.42 Å². The summed E-state index contributed by atoms with van der Waals surface area (Å²) in [6.07, 6.45) is 1.94. The van der Waals surface area contributed by atoms with Crippen LogP contribution in [-0.2, 0) is 5.41 Å². The fourth-order valence-electron chi connectivity index (χ4n) is 7.74. The highest BCUT2D eigenvalue weighted by Gasteiger charge is 2.36. The van der Waals surface area contributed by atoms with Gasteiger partial charge in [-0.15, -0.1) is 0 Å². The van der Waals surface area contributed by atoms with Crippen LogP contribution in [0.2, 0.25) is 0 Å². The van der Waals surface area contributed by atoms with Crippen molar-refractivity contribution in [3.05, 3.63) is 145 Å². The molecule has 7 aromatic carbocycles. The van der Waals surface area contributed by atoms with Crippen LogP contribution in [0.15, 0.2) is 138 Å². The summed E-state index contributed by atoms with van der Waals surface area (Å²) >= 11 is 0. The van der Waals surface area contributed by atoms with Crippen LogP contribution in [0.25, 0.3) is 88.0 Å². The van der Waals surface area contributed by atoms with Gasteiger partial charge in [-0.1, -0.05) is 111 Å². The third-order valence-electron chi connectivity index (χ3n) is 10.1. The second-order valence-electron chi connectivity index (χ2n) is 13.0. The Bertz CT molecular complexity index is 2700. The van der Waals surface area contributed by atoms with Gasteiger partial charge in [0.25, 0.3) is 0 Å². The number of hydrogen-bond donors (Lipinski definition) is 0. The fourth-order valence-corrected chi connectivity index (χ4v) is 7.74. The molecule has 9 aromatic rings. The molecule has 2 heterocycles. The molecular weight excluding hydrogens is 560 g/mol. The van der Waals surface area contributed by atoms with Gasteiger partial charge in [-0.25, -0.2) is 4.98 Å². The van der Waals surface area contributed by atoms with Gasteiger partial charge in [0.05, 0.1) is 22.9 Å². The molecule has 0 amide bonds. The molecular formula is C43H28N2O. The van der Waals surface area contributed by atoms with Crippen LogP contribution < -0.4 is 0 Å². The van der Waals surface area contributed by atoms with E-state index in [9.17, 15) is 0 Å². The first kappa shape index (κ1) is 25.5. The molecule has 0 bridgehead atoms. The van der Waals surface area contributed by atoms with E-state index in [1.165, 1.54) is 44.2 Å². The van der Waals surface area contributed by atoms with Crippen molar-refractivity contribution in [1.29, 1.82) is 0 Å². The van der Waals surface area contributed by atoms with Gasteiger partial charge in [0, 0.05) is 32.5 Å². The molecule has 1 aliphatic rings. The molecule has 0 unspecified atom stereocenters. The molecule has 0 aliphatic heterocycles. The van der Waals surface area contributed by atoms with Gasteiger partial charge in [0.2, 0.25) is 0 Å². The third kappa shape index (κ3) is 3.48. The van der Waals surface area contributed by atoms with Crippen LogP contribution >= 0.6 is 0 Å². The highest BCUT2D eigenvalue weighted by atomic mass is 16.3. The number of para-hydroxylation sites is 1. The lowest BCUT2D eigenvalue weighted by molar-refractivity contribution is 0.661. The minimum absolute atomic E-state index is 0.170. The van der Waals surface area contributed by atoms with Gasteiger partial charge >= 0.3 is 0 Å². The van der Waals surface area contributed by atoms with Crippen molar-refractivity contribution in [3.8, 4) is 33.5 Å². The maximum atomic E-state index is 6.09. The van der Waals surface area contributed by atoms with Crippen LogP contribution in [0.4, 0.5) is 0 Å². The molecule has 0 fully saturated rings. The lowest BCUT2D eigenvalue weighted by Gasteiger charge is -2.22. The Morgan fingerprint density at radius 1 is 0.478 bits per heavy atom. The number of furan rings is 1. The van der Waals surface area contributed by atoms with Gasteiger partial charge in [0.1, 0.15) is 11.2 Å². The van der Waals surface area contributed by atoms with Crippen LogP contribution in [0.3, 0.4) is 0 Å². The summed E-state index contributed by atoms with van der Waals surface area (Å²) in [7, 11) is 0. The standard InChI is InChI=1S/C43H28N2O/c1-43(2)36-22-26(25-17-20-40-35(21-25)32-11-7-8-14-39(32)46-40)15-18-30(36)31-19-16-27(23-37(31)43)38-24-44-41-33-12-5-3-9-28(33)29-10-4-6-13-34(29)42(41)45-38/h3-24H,1-2H3. The van der Waals surface area contributed by atoms with E-state index >= 15 is 0 Å². The minimum Gasteiger partial charge on any atom is -0.456 e. The van der Waals surface area contributed by atoms with Crippen molar-refractivity contribution in [3.63, 3.8) is 0 Å². The third-order valence-corrected chi connectivity index (χ3v) is 10.1. The van der Waals surface area contributed by atoms with E-state index in [-0.39, 0.29) is 5.41 Å². The van der Waals surface area contributed by atoms with E-state index in [0.717, 1.165) is 55.0 Å². The summed E-state index contributed by atoms with van der Waals surface area (Å²) in [4.78, 5) is 10.3. The molecule has 0 radical (unpaired) electrons. The average molecular weight is 589 g/mol. The van der Waals surface area contributed by atoms with Gasteiger partial charge in [0.15, 0.2) is 0 Å². The van der Waals surface area contributed by atoms with Crippen molar-refractivity contribution >= 4 is 54.5 Å². The summed E-state index contributed by atoms with van der Waals surface area (Å²) in [5.74, 6) is 0. The lowest BCUT2D eigenvalue weighted by atomic mass is 9.81. The zero-order valence-corrected chi connectivity index (χ0v) is 25.5. The Kier molecular flexibility index (Phi) is 5.06. The molecule has 0 atom stereocenters. The summed E-state index contributed by atoms with van der Waals surface area (Å²) < 4.78 is 6.09. The van der Waals surface area contributed by atoms with Crippen LogP contribution in [0.1, 0.15) is 25.0 Å². The normalized spacial score (nSPS) is 13.6. The highest BCUT2D eigenvalue weighted by molar-refractivity contribution is 6.23. The monoisotopic (exact) mass is 588 g/mol. The Morgan fingerprint density at radius 2 is 1.02 bits per heavy atom. The Hall–Kier alpha value is -5.80. The molecule has 10 rings (SSSR count). The highest BCUT2D eigenvalue weighted by Crippen LogP contribution is 2.51. The predicted molar refractivity (Wildman–Crippen MR) is 190 cm³/mol. The van der Waals surface area contributed by atoms with E-state index in [2.05, 4.69) is 129 Å². The predicted octanol–water partition coefficient (Wildman–Crippen LogP) is 11.5. The molecule has 0 saturated heterocycles. The number of rotatable bonds is 2. The molecule has 0 N–H and O–H groups in total. The fraction of sp³-hybridized carbons (Fsp3) is 0.0698. The van der Waals surface area contributed by atoms with Crippen molar-refractivity contribution in [2.75, 3.05) is 0 Å². The molecule has 3 heteroatoms. The van der Waals surface area contributed by atoms with Crippen LogP contribution in [0.5, 0.6) is 0 Å². The average Bonchev–Trinajstić information content (AvgIpc) is 3.59. The summed E-state index contributed by atoms with van der Waals surface area (Å²) in [6, 6.07) is 45.6. The lowest BCUT2D eigenvalue weighted by Crippen LogP contribution is -2.15. The first-order chi connectivity index (χ1) is 22.5. The van der Waals surface area contributed by atoms with E-state index in [1.807, 2.05) is 18.3 Å². The van der Waals surface area contributed by atoms with Crippen LogP contribution in [-0.4, -0.2) is 9.97 Å². The molecule has 3 nitrogen and oxygen atoms in total. The quantitative estimate of drug-likeness (QED) is 0.189. The van der Waals surface area contributed by atoms with Crippen molar-refractivity contribution < 1.29 is 4.42 Å². The van der Waals surface area contributed by atoms with Gasteiger partial charge in [-0.3, -0.25) is 4.98 Å². The molecule has 46 heavy (non-hydrogen) atoms. The van der Waals surface area contributed by atoms with E-state index in [4.69, 9.17) is 14.4 Å². The molecule has 1 aliphatic carbocycles. The smallest absolute Gasteiger partial charge is 0.135 e. The maximum absolute atomic E-state index is 6.09. The van der Waals surface area contributed by atoms with Crippen molar-refractivity contribution in [2.24, 2.45) is 0 Å². The molecule has 0 saturated carbocycles. The number of nitrogens with zero attached hydrogens (tertiary/aromatic N) is 2. The van der Waals surface area contributed by atoms with Gasteiger partial charge in [-0.05, 0) is 74.5 Å². The Labute approximate surface area is 265 Å². The molecule has 216 valence electrons. The first-order valence-electron chi connectivity index (χ1n) is 15.8. The second kappa shape index (κ2) is 9.12. The van der Waals surface area contributed by atoms with E-state index in [1.54, 1.807) is 0 Å². The zero-order valence-electron chi connectivity index (χ0n) is 25.5.